The van der Waals surface area contributed by atoms with Crippen LogP contribution in [0.15, 0.2) is 76.3 Å². The molecule has 0 aliphatic heterocycles. The Morgan fingerprint density at radius 1 is 1.10 bits per heavy atom. The summed E-state index contributed by atoms with van der Waals surface area (Å²) >= 11 is 3.40. The number of ether oxygens (including phenoxy) is 1. The minimum Gasteiger partial charge on any atom is -0.488 e. The molecule has 0 aliphatic rings. The van der Waals surface area contributed by atoms with Gasteiger partial charge in [0.1, 0.15) is 18.0 Å². The molecule has 0 aromatic heterocycles. The Kier molecular flexibility index (Phi) is 6.91. The molecule has 0 atom stereocenters. The summed E-state index contributed by atoms with van der Waals surface area (Å²) in [5.41, 5.74) is 1.95. The summed E-state index contributed by atoms with van der Waals surface area (Å²) in [5.74, 6) is 0.523. The van der Waals surface area contributed by atoms with Gasteiger partial charge in [-0.05, 0) is 42.0 Å². The molecule has 160 valence electrons. The molecule has 0 heterocycles. The number of alkyl halides is 3. The van der Waals surface area contributed by atoms with Gasteiger partial charge in [-0.25, -0.2) is 0 Å². The fourth-order valence-corrected chi connectivity index (χ4v) is 3.08. The summed E-state index contributed by atoms with van der Waals surface area (Å²) in [4.78, 5) is 10.3. The maximum absolute atomic E-state index is 12.8. The van der Waals surface area contributed by atoms with Gasteiger partial charge >= 0.3 is 6.18 Å². The van der Waals surface area contributed by atoms with Gasteiger partial charge in [-0.2, -0.15) is 18.3 Å². The third-order valence-electron chi connectivity index (χ3n) is 4.11. The highest BCUT2D eigenvalue weighted by atomic mass is 79.9. The van der Waals surface area contributed by atoms with E-state index in [0.29, 0.717) is 24.0 Å². The number of hydrogen-bond acceptors (Lipinski definition) is 5. The lowest BCUT2D eigenvalue weighted by Crippen LogP contribution is -2.06. The molecule has 0 unspecified atom stereocenters. The van der Waals surface area contributed by atoms with E-state index in [1.54, 1.807) is 24.3 Å². The number of anilines is 1. The molecule has 1 N–H and O–H groups in total. The van der Waals surface area contributed by atoms with Crippen LogP contribution in [0.25, 0.3) is 0 Å². The number of nitro benzene ring substituents is 1. The van der Waals surface area contributed by atoms with Gasteiger partial charge in [-0.3, -0.25) is 15.5 Å². The molecule has 10 heteroatoms. The lowest BCUT2D eigenvalue weighted by molar-refractivity contribution is -0.384. The standard InChI is InChI=1S/C21H15BrF3N3O3/c22-17-6-3-4-14(10-17)13-31-20-7-2-1-5-15(20)12-26-27-18-9-8-16(21(23,24)25)11-19(18)28(29)30/h1-12,27H,13H2/b26-12+. The second-order valence-corrected chi connectivity index (χ2v) is 7.23. The molecule has 0 bridgehead atoms. The summed E-state index contributed by atoms with van der Waals surface area (Å²) in [6, 6.07) is 16.8. The first kappa shape index (κ1) is 22.3. The molecule has 0 saturated heterocycles. The van der Waals surface area contributed by atoms with E-state index < -0.39 is 22.4 Å². The van der Waals surface area contributed by atoms with Gasteiger partial charge in [0.25, 0.3) is 5.69 Å². The average molecular weight is 494 g/mol. The number of hydrogen-bond donors (Lipinski definition) is 1. The number of nitrogens with one attached hydrogen (secondary N) is 1. The molecule has 0 fully saturated rings. The van der Waals surface area contributed by atoms with Crippen LogP contribution in [0.3, 0.4) is 0 Å². The summed E-state index contributed by atoms with van der Waals surface area (Å²) in [5, 5.41) is 15.1. The first-order chi connectivity index (χ1) is 14.7. The first-order valence-electron chi connectivity index (χ1n) is 8.85. The second-order valence-electron chi connectivity index (χ2n) is 6.31. The van der Waals surface area contributed by atoms with Gasteiger partial charge in [0, 0.05) is 16.1 Å². The van der Waals surface area contributed by atoms with Crippen LogP contribution in [-0.2, 0) is 12.8 Å². The summed E-state index contributed by atoms with van der Waals surface area (Å²) in [7, 11) is 0. The molecule has 31 heavy (non-hydrogen) atoms. The number of halogens is 4. The zero-order chi connectivity index (χ0) is 22.4. The lowest BCUT2D eigenvalue weighted by Gasteiger charge is -2.10. The Balaban J connectivity index is 1.75. The summed E-state index contributed by atoms with van der Waals surface area (Å²) < 4.78 is 45.2. The van der Waals surface area contributed by atoms with E-state index in [1.807, 2.05) is 24.3 Å². The predicted molar refractivity (Wildman–Crippen MR) is 114 cm³/mol. The third-order valence-corrected chi connectivity index (χ3v) is 4.61. The quantitative estimate of drug-likeness (QED) is 0.234. The highest BCUT2D eigenvalue weighted by Gasteiger charge is 2.33. The van der Waals surface area contributed by atoms with E-state index in [-0.39, 0.29) is 5.69 Å². The Bertz CT molecular complexity index is 1120. The molecule has 0 radical (unpaired) electrons. The fraction of sp³-hybridized carbons (Fsp3) is 0.0952. The Morgan fingerprint density at radius 2 is 1.87 bits per heavy atom. The molecular weight excluding hydrogens is 479 g/mol. The SMILES string of the molecule is O=[N+]([O-])c1cc(C(F)(F)F)ccc1N/N=C/c1ccccc1OCc1cccc(Br)c1. The van der Waals surface area contributed by atoms with Crippen molar-refractivity contribution in [2.24, 2.45) is 5.10 Å². The predicted octanol–water partition coefficient (Wildman–Crippen LogP) is 6.40. The number of rotatable bonds is 7. The maximum Gasteiger partial charge on any atom is 0.416 e. The van der Waals surface area contributed by atoms with E-state index >= 15 is 0 Å². The van der Waals surface area contributed by atoms with E-state index in [2.05, 4.69) is 26.5 Å². The third kappa shape index (κ3) is 6.05. The van der Waals surface area contributed by atoms with Gasteiger partial charge in [0.2, 0.25) is 0 Å². The van der Waals surface area contributed by atoms with E-state index in [0.717, 1.165) is 22.2 Å². The van der Waals surface area contributed by atoms with Gasteiger partial charge in [-0.15, -0.1) is 0 Å². The Morgan fingerprint density at radius 3 is 2.58 bits per heavy atom. The van der Waals surface area contributed by atoms with Crippen LogP contribution in [0.2, 0.25) is 0 Å². The molecule has 0 spiro atoms. The van der Waals surface area contributed by atoms with Crippen molar-refractivity contribution in [1.82, 2.24) is 0 Å². The number of nitro groups is 1. The monoisotopic (exact) mass is 493 g/mol. The minimum absolute atomic E-state index is 0.165. The van der Waals surface area contributed by atoms with Crippen molar-refractivity contribution >= 4 is 33.5 Å². The van der Waals surface area contributed by atoms with Crippen LogP contribution < -0.4 is 10.2 Å². The molecule has 3 rings (SSSR count). The lowest BCUT2D eigenvalue weighted by atomic mass is 10.1. The van der Waals surface area contributed by atoms with Crippen LogP contribution in [0.5, 0.6) is 5.75 Å². The van der Waals surface area contributed by atoms with Gasteiger partial charge in [-0.1, -0.05) is 40.2 Å². The molecule has 0 aliphatic carbocycles. The highest BCUT2D eigenvalue weighted by molar-refractivity contribution is 9.10. The second kappa shape index (κ2) is 9.61. The van der Waals surface area contributed by atoms with Gasteiger partial charge in [0.05, 0.1) is 16.7 Å². The van der Waals surface area contributed by atoms with Crippen molar-refractivity contribution in [2.75, 3.05) is 5.43 Å². The molecule has 3 aromatic carbocycles. The van der Waals surface area contributed by atoms with Crippen LogP contribution in [-0.4, -0.2) is 11.1 Å². The van der Waals surface area contributed by atoms with Crippen LogP contribution in [0, 0.1) is 10.1 Å². The van der Waals surface area contributed by atoms with E-state index in [9.17, 15) is 23.3 Å². The van der Waals surface area contributed by atoms with Crippen molar-refractivity contribution in [2.45, 2.75) is 12.8 Å². The topological polar surface area (TPSA) is 76.8 Å². The summed E-state index contributed by atoms with van der Waals surface area (Å²) in [6.07, 6.45) is -3.31. The summed E-state index contributed by atoms with van der Waals surface area (Å²) in [6.45, 7) is 0.308. The molecule has 6 nitrogen and oxygen atoms in total. The molecule has 0 saturated carbocycles. The van der Waals surface area contributed by atoms with Gasteiger partial charge < -0.3 is 4.74 Å². The number of benzene rings is 3. The smallest absolute Gasteiger partial charge is 0.416 e. The number of nitrogens with zero attached hydrogens (tertiary/aromatic N) is 2. The highest BCUT2D eigenvalue weighted by Crippen LogP contribution is 2.35. The van der Waals surface area contributed by atoms with E-state index in [4.69, 9.17) is 4.74 Å². The van der Waals surface area contributed by atoms with Crippen molar-refractivity contribution in [3.05, 3.63) is 98.0 Å². The molecule has 3 aromatic rings. The van der Waals surface area contributed by atoms with Crippen LogP contribution >= 0.6 is 15.9 Å². The van der Waals surface area contributed by atoms with Gasteiger partial charge in [0.15, 0.2) is 0 Å². The minimum atomic E-state index is -4.68. The van der Waals surface area contributed by atoms with Crippen molar-refractivity contribution in [1.29, 1.82) is 0 Å². The van der Waals surface area contributed by atoms with Crippen molar-refractivity contribution in [3.8, 4) is 5.75 Å². The van der Waals surface area contributed by atoms with E-state index in [1.165, 1.54) is 6.21 Å². The Labute approximate surface area is 183 Å². The van der Waals surface area contributed by atoms with Crippen LogP contribution in [0.4, 0.5) is 24.5 Å². The zero-order valence-corrected chi connectivity index (χ0v) is 17.4. The maximum atomic E-state index is 12.8. The Hall–Kier alpha value is -3.40. The first-order valence-corrected chi connectivity index (χ1v) is 9.64. The number of para-hydroxylation sites is 1. The van der Waals surface area contributed by atoms with Crippen LogP contribution in [0.1, 0.15) is 16.7 Å². The van der Waals surface area contributed by atoms with Crippen molar-refractivity contribution < 1.29 is 22.8 Å². The molecular formula is C21H15BrF3N3O3. The largest absolute Gasteiger partial charge is 0.488 e. The molecule has 0 amide bonds. The fourth-order valence-electron chi connectivity index (χ4n) is 2.63. The average Bonchev–Trinajstić information content (AvgIpc) is 2.72. The normalized spacial score (nSPS) is 11.5. The number of hydrazone groups is 1. The zero-order valence-electron chi connectivity index (χ0n) is 15.8. The van der Waals surface area contributed by atoms with Crippen molar-refractivity contribution in [3.63, 3.8) is 0 Å².